The van der Waals surface area contributed by atoms with Gasteiger partial charge in [-0.15, -0.1) is 0 Å². The highest BCUT2D eigenvalue weighted by atomic mass is 35.5. The lowest BCUT2D eigenvalue weighted by Gasteiger charge is -2.06. The first-order valence-electron chi connectivity index (χ1n) is 7.45. The highest BCUT2D eigenvalue weighted by molar-refractivity contribution is 6.31. The summed E-state index contributed by atoms with van der Waals surface area (Å²) in [5, 5.41) is 2.67. The maximum absolute atomic E-state index is 6.18. The maximum Gasteiger partial charge on any atom is 0.0497 e. The second-order valence-corrected chi connectivity index (χ2v) is 6.30. The molecule has 4 heteroatoms. The van der Waals surface area contributed by atoms with Crippen LogP contribution in [0.15, 0.2) is 42.5 Å². The van der Waals surface area contributed by atoms with Crippen LogP contribution < -0.4 is 5.73 Å². The summed E-state index contributed by atoms with van der Waals surface area (Å²) in [5.74, 6) is 0. The quantitative estimate of drug-likeness (QED) is 0.601. The number of hydrogen-bond acceptors (Lipinski definition) is 1. The minimum atomic E-state index is 0.718. The number of nitrogens with two attached hydrogens (primary N) is 1. The second-order valence-electron chi connectivity index (χ2n) is 5.42. The van der Waals surface area contributed by atoms with Gasteiger partial charge in [0.25, 0.3) is 0 Å². The zero-order chi connectivity index (χ0) is 15.5. The zero-order valence-electron chi connectivity index (χ0n) is 12.2. The monoisotopic (exact) mass is 332 g/mol. The Kier molecular flexibility index (Phi) is 4.72. The summed E-state index contributed by atoms with van der Waals surface area (Å²) < 4.78 is 0. The Balaban J connectivity index is 2.13. The van der Waals surface area contributed by atoms with E-state index >= 15 is 0 Å². The van der Waals surface area contributed by atoms with Crippen LogP contribution in [-0.2, 0) is 6.42 Å². The van der Waals surface area contributed by atoms with E-state index in [1.165, 1.54) is 10.9 Å². The van der Waals surface area contributed by atoms with Gasteiger partial charge in [0, 0.05) is 26.6 Å². The largest absolute Gasteiger partial charge is 0.354 e. The van der Waals surface area contributed by atoms with Crippen molar-refractivity contribution in [3.8, 4) is 11.3 Å². The van der Waals surface area contributed by atoms with Crippen LogP contribution in [0.5, 0.6) is 0 Å². The summed E-state index contributed by atoms with van der Waals surface area (Å²) >= 11 is 12.3. The van der Waals surface area contributed by atoms with Crippen molar-refractivity contribution in [2.75, 3.05) is 6.54 Å². The molecule has 0 aliphatic rings. The fraction of sp³-hybridized carbons (Fsp3) is 0.222. The van der Waals surface area contributed by atoms with Crippen molar-refractivity contribution in [1.82, 2.24) is 4.98 Å². The Hall–Kier alpha value is -1.48. The number of unbranched alkanes of at least 4 members (excludes halogenated alkanes) is 1. The molecule has 3 rings (SSSR count). The van der Waals surface area contributed by atoms with Crippen LogP contribution in [-0.4, -0.2) is 11.5 Å². The highest BCUT2D eigenvalue weighted by Gasteiger charge is 2.13. The Bertz CT molecular complexity index is 793. The van der Waals surface area contributed by atoms with Gasteiger partial charge in [-0.2, -0.15) is 0 Å². The van der Waals surface area contributed by atoms with Crippen LogP contribution in [0.2, 0.25) is 10.0 Å². The van der Waals surface area contributed by atoms with Crippen molar-refractivity contribution in [1.29, 1.82) is 0 Å². The standard InChI is InChI=1S/C18H18Cl2N2/c19-13-5-3-4-12(10-13)18-15(6-1-2-9-21)16-11-14(20)7-8-17(16)22-18/h3-5,7-8,10-11,22H,1-2,6,9,21H2. The number of aryl methyl sites for hydroxylation is 1. The molecule has 114 valence electrons. The van der Waals surface area contributed by atoms with Crippen molar-refractivity contribution in [2.45, 2.75) is 19.3 Å². The molecule has 0 spiro atoms. The van der Waals surface area contributed by atoms with E-state index in [2.05, 4.69) is 11.1 Å². The van der Waals surface area contributed by atoms with Crippen LogP contribution in [0, 0.1) is 0 Å². The third-order valence-electron chi connectivity index (χ3n) is 3.86. The average molecular weight is 333 g/mol. The van der Waals surface area contributed by atoms with Crippen molar-refractivity contribution >= 4 is 34.1 Å². The molecule has 0 saturated carbocycles. The molecule has 0 unspecified atom stereocenters. The van der Waals surface area contributed by atoms with Gasteiger partial charge in [0.05, 0.1) is 0 Å². The fourth-order valence-corrected chi connectivity index (χ4v) is 3.18. The van der Waals surface area contributed by atoms with Gasteiger partial charge < -0.3 is 10.7 Å². The maximum atomic E-state index is 6.18. The average Bonchev–Trinajstić information content (AvgIpc) is 2.86. The van der Waals surface area contributed by atoms with E-state index in [9.17, 15) is 0 Å². The van der Waals surface area contributed by atoms with Gasteiger partial charge in [-0.3, -0.25) is 0 Å². The summed E-state index contributed by atoms with van der Waals surface area (Å²) in [4.78, 5) is 3.51. The molecule has 1 heterocycles. The Morgan fingerprint density at radius 1 is 0.955 bits per heavy atom. The van der Waals surface area contributed by atoms with E-state index in [1.807, 2.05) is 36.4 Å². The number of aromatic amines is 1. The normalized spacial score (nSPS) is 11.2. The highest BCUT2D eigenvalue weighted by Crippen LogP contribution is 2.33. The lowest BCUT2D eigenvalue weighted by molar-refractivity contribution is 0.748. The molecule has 1 aromatic heterocycles. The molecule has 0 amide bonds. The van der Waals surface area contributed by atoms with Crippen LogP contribution in [0.25, 0.3) is 22.2 Å². The molecule has 0 bridgehead atoms. The van der Waals surface area contributed by atoms with Crippen molar-refractivity contribution in [3.63, 3.8) is 0 Å². The molecule has 22 heavy (non-hydrogen) atoms. The van der Waals surface area contributed by atoms with Gasteiger partial charge in [0.15, 0.2) is 0 Å². The Labute approximate surface area is 140 Å². The van der Waals surface area contributed by atoms with Gasteiger partial charge >= 0.3 is 0 Å². The molecule has 3 N–H and O–H groups in total. The zero-order valence-corrected chi connectivity index (χ0v) is 13.7. The summed E-state index contributed by atoms with van der Waals surface area (Å²) in [6.07, 6.45) is 3.05. The first-order chi connectivity index (χ1) is 10.7. The lowest BCUT2D eigenvalue weighted by atomic mass is 10.0. The van der Waals surface area contributed by atoms with Crippen LogP contribution in [0.3, 0.4) is 0 Å². The third-order valence-corrected chi connectivity index (χ3v) is 4.33. The number of H-pyrrole nitrogens is 1. The van der Waals surface area contributed by atoms with E-state index in [1.54, 1.807) is 0 Å². The molecule has 2 aromatic carbocycles. The summed E-state index contributed by atoms with van der Waals surface area (Å²) in [6.45, 7) is 0.718. The predicted octanol–water partition coefficient (Wildman–Crippen LogP) is 5.42. The smallest absolute Gasteiger partial charge is 0.0497 e. The molecular formula is C18H18Cl2N2. The first-order valence-corrected chi connectivity index (χ1v) is 8.21. The third kappa shape index (κ3) is 3.14. The second kappa shape index (κ2) is 6.74. The first kappa shape index (κ1) is 15.4. The van der Waals surface area contributed by atoms with Crippen LogP contribution in [0.1, 0.15) is 18.4 Å². The topological polar surface area (TPSA) is 41.8 Å². The van der Waals surface area contributed by atoms with Crippen LogP contribution in [0.4, 0.5) is 0 Å². The molecular weight excluding hydrogens is 315 g/mol. The van der Waals surface area contributed by atoms with Crippen molar-refractivity contribution < 1.29 is 0 Å². The number of rotatable bonds is 5. The minimum Gasteiger partial charge on any atom is -0.354 e. The summed E-state index contributed by atoms with van der Waals surface area (Å²) in [7, 11) is 0. The number of benzene rings is 2. The van der Waals surface area contributed by atoms with E-state index in [-0.39, 0.29) is 0 Å². The van der Waals surface area contributed by atoms with Gasteiger partial charge in [-0.1, -0.05) is 35.3 Å². The van der Waals surface area contributed by atoms with E-state index in [4.69, 9.17) is 28.9 Å². The molecule has 0 saturated heterocycles. The minimum absolute atomic E-state index is 0.718. The van der Waals surface area contributed by atoms with E-state index in [0.29, 0.717) is 0 Å². The lowest BCUT2D eigenvalue weighted by Crippen LogP contribution is -1.99. The molecule has 0 aliphatic carbocycles. The number of aromatic nitrogens is 1. The summed E-state index contributed by atoms with van der Waals surface area (Å²) in [6, 6.07) is 13.9. The van der Waals surface area contributed by atoms with E-state index in [0.717, 1.165) is 52.6 Å². The molecule has 0 aliphatic heterocycles. The molecule has 2 nitrogen and oxygen atoms in total. The Morgan fingerprint density at radius 2 is 1.77 bits per heavy atom. The summed E-state index contributed by atoms with van der Waals surface area (Å²) in [5.41, 5.74) is 10.2. The predicted molar refractivity (Wildman–Crippen MR) is 95.7 cm³/mol. The number of nitrogens with one attached hydrogen (secondary N) is 1. The van der Waals surface area contributed by atoms with Crippen LogP contribution >= 0.6 is 23.2 Å². The van der Waals surface area contributed by atoms with Crippen molar-refractivity contribution in [2.24, 2.45) is 5.73 Å². The number of fused-ring (bicyclic) bond motifs is 1. The van der Waals surface area contributed by atoms with E-state index < -0.39 is 0 Å². The molecule has 0 radical (unpaired) electrons. The van der Waals surface area contributed by atoms with Gasteiger partial charge in [0.2, 0.25) is 0 Å². The molecule has 0 atom stereocenters. The Morgan fingerprint density at radius 3 is 2.55 bits per heavy atom. The van der Waals surface area contributed by atoms with Crippen molar-refractivity contribution in [3.05, 3.63) is 58.1 Å². The fourth-order valence-electron chi connectivity index (χ4n) is 2.82. The number of hydrogen-bond donors (Lipinski definition) is 2. The van der Waals surface area contributed by atoms with Gasteiger partial charge in [-0.05, 0) is 67.3 Å². The molecule has 3 aromatic rings. The molecule has 0 fully saturated rings. The number of halogens is 2. The SMILES string of the molecule is NCCCCc1c(-c2cccc(Cl)c2)[nH]c2ccc(Cl)cc12. The van der Waals surface area contributed by atoms with Gasteiger partial charge in [-0.25, -0.2) is 0 Å². The van der Waals surface area contributed by atoms with Gasteiger partial charge in [0.1, 0.15) is 0 Å².